The summed E-state index contributed by atoms with van der Waals surface area (Å²) in [4.78, 5) is 20.4. The Bertz CT molecular complexity index is 375. The van der Waals surface area contributed by atoms with Gasteiger partial charge in [0.15, 0.2) is 5.96 Å². The van der Waals surface area contributed by atoms with E-state index >= 15 is 0 Å². The smallest absolute Gasteiger partial charge is 0.217 e. The molecule has 1 aliphatic heterocycles. The van der Waals surface area contributed by atoms with Crippen LogP contribution in [0.2, 0.25) is 0 Å². The van der Waals surface area contributed by atoms with E-state index in [1.807, 2.05) is 0 Å². The molecule has 1 rings (SSSR count). The number of amides is 1. The second-order valence-corrected chi connectivity index (χ2v) is 6.43. The third-order valence-electron chi connectivity index (χ3n) is 4.24. The van der Waals surface area contributed by atoms with E-state index in [1.54, 1.807) is 0 Å². The van der Waals surface area contributed by atoms with Crippen molar-refractivity contribution in [2.24, 2.45) is 16.6 Å². The molecule has 0 spiro atoms. The number of hydrogen-bond acceptors (Lipinski definition) is 3. The van der Waals surface area contributed by atoms with Crippen LogP contribution in [0.15, 0.2) is 4.99 Å². The predicted octanol–water partition coefficient (Wildman–Crippen LogP) is 1.50. The monoisotopic (exact) mass is 439 g/mol. The van der Waals surface area contributed by atoms with Gasteiger partial charge in [0.05, 0.1) is 6.54 Å². The molecule has 1 heterocycles. The lowest BCUT2D eigenvalue weighted by Crippen LogP contribution is -2.47. The number of piperidine rings is 1. The second-order valence-electron chi connectivity index (χ2n) is 6.43. The Morgan fingerprint density at radius 2 is 2.17 bits per heavy atom. The average molecular weight is 439 g/mol. The topological polar surface area (TPSA) is 74.0 Å². The van der Waals surface area contributed by atoms with Crippen molar-refractivity contribution in [3.8, 4) is 0 Å². The van der Waals surface area contributed by atoms with E-state index in [0.717, 1.165) is 51.5 Å². The van der Waals surface area contributed by atoms with Crippen molar-refractivity contribution in [2.75, 3.05) is 39.8 Å². The van der Waals surface area contributed by atoms with E-state index in [1.165, 1.54) is 0 Å². The van der Waals surface area contributed by atoms with Crippen LogP contribution >= 0.6 is 24.0 Å². The maximum atomic E-state index is 11.1. The number of guanidine groups is 1. The highest BCUT2D eigenvalue weighted by atomic mass is 127. The third-order valence-corrected chi connectivity index (χ3v) is 4.24. The molecule has 1 unspecified atom stereocenters. The SMILES string of the molecule is CCNC(=NCCN(C)C(C)C)N1CCCC(CC(N)=O)C1.I. The standard InChI is InChI=1S/C16H33N5O.HI/c1-5-18-16(19-8-10-20(4)13(2)3)21-9-6-7-14(12-21)11-15(17)22;/h13-14H,5-12H2,1-4H3,(H2,17,22)(H,18,19);1H. The highest BCUT2D eigenvalue weighted by Gasteiger charge is 2.23. The van der Waals surface area contributed by atoms with Gasteiger partial charge in [-0.05, 0) is 46.6 Å². The lowest BCUT2D eigenvalue weighted by atomic mass is 9.95. The summed E-state index contributed by atoms with van der Waals surface area (Å²) in [5.74, 6) is 1.12. The Morgan fingerprint density at radius 1 is 1.48 bits per heavy atom. The summed E-state index contributed by atoms with van der Waals surface area (Å²) in [6, 6.07) is 0.535. The van der Waals surface area contributed by atoms with Crippen molar-refractivity contribution < 1.29 is 4.79 Å². The summed E-state index contributed by atoms with van der Waals surface area (Å²) < 4.78 is 0. The molecule has 23 heavy (non-hydrogen) atoms. The van der Waals surface area contributed by atoms with Gasteiger partial charge in [-0.1, -0.05) is 0 Å². The van der Waals surface area contributed by atoms with Crippen LogP contribution in [0.5, 0.6) is 0 Å². The van der Waals surface area contributed by atoms with Crippen LogP contribution in [0, 0.1) is 5.92 Å². The number of likely N-dealkylation sites (tertiary alicyclic amines) is 1. The molecule has 136 valence electrons. The first-order valence-corrected chi connectivity index (χ1v) is 8.45. The van der Waals surface area contributed by atoms with Crippen LogP contribution < -0.4 is 11.1 Å². The minimum Gasteiger partial charge on any atom is -0.370 e. The summed E-state index contributed by atoms with van der Waals surface area (Å²) in [6.07, 6.45) is 2.65. The zero-order valence-electron chi connectivity index (χ0n) is 15.0. The fourth-order valence-corrected chi connectivity index (χ4v) is 2.71. The van der Waals surface area contributed by atoms with Gasteiger partial charge in [-0.2, -0.15) is 0 Å². The average Bonchev–Trinajstić information content (AvgIpc) is 2.45. The number of primary amides is 1. The molecule has 1 fully saturated rings. The lowest BCUT2D eigenvalue weighted by Gasteiger charge is -2.34. The number of hydrogen-bond donors (Lipinski definition) is 2. The van der Waals surface area contributed by atoms with Crippen molar-refractivity contribution in [3.05, 3.63) is 0 Å². The molecule has 3 N–H and O–H groups in total. The summed E-state index contributed by atoms with van der Waals surface area (Å²) in [6.45, 7) is 10.9. The van der Waals surface area contributed by atoms with Gasteiger partial charge in [-0.25, -0.2) is 0 Å². The molecule has 0 aromatic carbocycles. The number of halogens is 1. The van der Waals surface area contributed by atoms with E-state index in [-0.39, 0.29) is 29.9 Å². The number of carbonyl (C=O) groups is 1. The maximum Gasteiger partial charge on any atom is 0.217 e. The molecule has 1 saturated heterocycles. The number of nitrogens with two attached hydrogens (primary N) is 1. The lowest BCUT2D eigenvalue weighted by molar-refractivity contribution is -0.119. The minimum atomic E-state index is -0.202. The van der Waals surface area contributed by atoms with Gasteiger partial charge >= 0.3 is 0 Å². The molecule has 0 saturated carbocycles. The van der Waals surface area contributed by atoms with Gasteiger partial charge in [-0.15, -0.1) is 24.0 Å². The summed E-state index contributed by atoms with van der Waals surface area (Å²) in [5, 5.41) is 3.37. The first kappa shape index (κ1) is 22.4. The predicted molar refractivity (Wildman–Crippen MR) is 107 cm³/mol. The van der Waals surface area contributed by atoms with Gasteiger partial charge in [0.25, 0.3) is 0 Å². The van der Waals surface area contributed by atoms with Crippen molar-refractivity contribution in [1.29, 1.82) is 0 Å². The van der Waals surface area contributed by atoms with E-state index in [4.69, 9.17) is 10.7 Å². The number of nitrogens with zero attached hydrogens (tertiary/aromatic N) is 3. The van der Waals surface area contributed by atoms with E-state index in [2.05, 4.69) is 42.9 Å². The maximum absolute atomic E-state index is 11.1. The van der Waals surface area contributed by atoms with Crippen LogP contribution in [0.1, 0.15) is 40.0 Å². The summed E-state index contributed by atoms with van der Waals surface area (Å²) >= 11 is 0. The molecule has 0 aromatic heterocycles. The van der Waals surface area contributed by atoms with Crippen LogP contribution in [0.25, 0.3) is 0 Å². The molecular weight excluding hydrogens is 405 g/mol. The van der Waals surface area contributed by atoms with E-state index < -0.39 is 0 Å². The molecule has 7 heteroatoms. The molecule has 1 aliphatic rings. The first-order chi connectivity index (χ1) is 10.4. The number of rotatable bonds is 7. The quantitative estimate of drug-likeness (QED) is 0.358. The van der Waals surface area contributed by atoms with Crippen LogP contribution in [-0.2, 0) is 4.79 Å². The molecule has 6 nitrogen and oxygen atoms in total. The Morgan fingerprint density at radius 3 is 2.74 bits per heavy atom. The Hall–Kier alpha value is -0.570. The number of nitrogens with one attached hydrogen (secondary N) is 1. The Balaban J connectivity index is 0.00000484. The van der Waals surface area contributed by atoms with Gasteiger partial charge in [0.2, 0.25) is 5.91 Å². The highest BCUT2D eigenvalue weighted by molar-refractivity contribution is 14.0. The Labute approximate surface area is 158 Å². The number of likely N-dealkylation sites (N-methyl/N-ethyl adjacent to an activating group) is 1. The fraction of sp³-hybridized carbons (Fsp3) is 0.875. The zero-order valence-corrected chi connectivity index (χ0v) is 17.4. The molecular formula is C16H34IN5O. The number of aliphatic imine (C=N–C) groups is 1. The van der Waals surface area contributed by atoms with E-state index in [9.17, 15) is 4.79 Å². The van der Waals surface area contributed by atoms with Crippen molar-refractivity contribution in [2.45, 2.75) is 46.1 Å². The van der Waals surface area contributed by atoms with Crippen molar-refractivity contribution in [1.82, 2.24) is 15.1 Å². The largest absolute Gasteiger partial charge is 0.370 e. The van der Waals surface area contributed by atoms with Gasteiger partial charge in [0, 0.05) is 38.6 Å². The summed E-state index contributed by atoms with van der Waals surface area (Å²) in [7, 11) is 2.12. The van der Waals surface area contributed by atoms with Gasteiger partial charge in [0.1, 0.15) is 0 Å². The van der Waals surface area contributed by atoms with Crippen molar-refractivity contribution in [3.63, 3.8) is 0 Å². The van der Waals surface area contributed by atoms with Crippen LogP contribution in [-0.4, -0.2) is 67.5 Å². The zero-order chi connectivity index (χ0) is 16.5. The van der Waals surface area contributed by atoms with Crippen LogP contribution in [0.4, 0.5) is 0 Å². The molecule has 0 bridgehead atoms. The van der Waals surface area contributed by atoms with E-state index in [0.29, 0.717) is 18.4 Å². The molecule has 0 radical (unpaired) electrons. The Kier molecular flexibility index (Phi) is 11.6. The molecule has 1 amide bonds. The van der Waals surface area contributed by atoms with Crippen molar-refractivity contribution >= 4 is 35.8 Å². The molecule has 0 aliphatic carbocycles. The van der Waals surface area contributed by atoms with Crippen LogP contribution in [0.3, 0.4) is 0 Å². The molecule has 0 aromatic rings. The minimum absolute atomic E-state index is 0. The van der Waals surface area contributed by atoms with Gasteiger partial charge < -0.3 is 20.9 Å². The number of carbonyl (C=O) groups excluding carboxylic acids is 1. The summed E-state index contributed by atoms with van der Waals surface area (Å²) in [5.41, 5.74) is 5.34. The fourth-order valence-electron chi connectivity index (χ4n) is 2.71. The third kappa shape index (κ3) is 8.74. The molecule has 1 atom stereocenters. The van der Waals surface area contributed by atoms with Gasteiger partial charge in [-0.3, -0.25) is 9.79 Å². The highest BCUT2D eigenvalue weighted by Crippen LogP contribution is 2.19. The first-order valence-electron chi connectivity index (χ1n) is 8.45. The normalized spacial score (nSPS) is 19.0. The second kappa shape index (κ2) is 11.9.